The van der Waals surface area contributed by atoms with Crippen molar-refractivity contribution in [3.63, 3.8) is 0 Å². The fourth-order valence-electron chi connectivity index (χ4n) is 3.25. The molecule has 30 heavy (non-hydrogen) atoms. The van der Waals surface area contributed by atoms with E-state index in [0.717, 1.165) is 15.6 Å². The van der Waals surface area contributed by atoms with Gasteiger partial charge >= 0.3 is 0 Å². The lowest BCUT2D eigenvalue weighted by molar-refractivity contribution is 0.102. The second-order valence-electron chi connectivity index (χ2n) is 6.86. The molecule has 1 N–H and O–H groups in total. The van der Waals surface area contributed by atoms with Crippen molar-refractivity contribution >= 4 is 40.4 Å². The van der Waals surface area contributed by atoms with Gasteiger partial charge in [-0.15, -0.1) is 23.1 Å². The first-order valence-electron chi connectivity index (χ1n) is 9.66. The SMILES string of the molecule is Cc1nc(CSc2ccccc2C(=O)Nc2ccc(N3CCOCC3)c(F)c2)cs1. The molecule has 1 fully saturated rings. The summed E-state index contributed by atoms with van der Waals surface area (Å²) in [6.07, 6.45) is 0. The van der Waals surface area contributed by atoms with Crippen LogP contribution >= 0.6 is 23.1 Å². The fourth-order valence-corrected chi connectivity index (χ4v) is 4.91. The minimum atomic E-state index is -0.351. The van der Waals surface area contributed by atoms with E-state index in [4.69, 9.17) is 4.74 Å². The van der Waals surface area contributed by atoms with E-state index in [1.807, 2.05) is 35.4 Å². The third kappa shape index (κ3) is 5.00. The molecular weight excluding hydrogens is 421 g/mol. The number of anilines is 2. The number of nitrogens with one attached hydrogen (secondary N) is 1. The number of nitrogens with zero attached hydrogens (tertiary/aromatic N) is 2. The summed E-state index contributed by atoms with van der Waals surface area (Å²) in [6, 6.07) is 12.2. The molecule has 5 nitrogen and oxygen atoms in total. The van der Waals surface area contributed by atoms with E-state index in [1.165, 1.54) is 6.07 Å². The summed E-state index contributed by atoms with van der Waals surface area (Å²) in [5.41, 5.74) is 2.53. The molecule has 0 bridgehead atoms. The van der Waals surface area contributed by atoms with E-state index in [1.54, 1.807) is 41.3 Å². The van der Waals surface area contributed by atoms with E-state index in [0.29, 0.717) is 49.0 Å². The highest BCUT2D eigenvalue weighted by Crippen LogP contribution is 2.28. The highest BCUT2D eigenvalue weighted by Gasteiger charge is 2.17. The van der Waals surface area contributed by atoms with Crippen LogP contribution in [-0.2, 0) is 10.5 Å². The number of thioether (sulfide) groups is 1. The summed E-state index contributed by atoms with van der Waals surface area (Å²) in [5, 5.41) is 5.88. The second kappa shape index (κ2) is 9.59. The first-order valence-corrected chi connectivity index (χ1v) is 11.5. The maximum atomic E-state index is 14.6. The van der Waals surface area contributed by atoms with Gasteiger partial charge in [-0.05, 0) is 37.3 Å². The number of rotatable bonds is 6. The Kier molecular flexibility index (Phi) is 6.66. The molecule has 3 aromatic rings. The normalized spacial score (nSPS) is 14.0. The Labute approximate surface area is 183 Å². The van der Waals surface area contributed by atoms with Crippen LogP contribution in [-0.4, -0.2) is 37.2 Å². The van der Waals surface area contributed by atoms with Crippen LogP contribution in [0.1, 0.15) is 21.1 Å². The van der Waals surface area contributed by atoms with Crippen molar-refractivity contribution in [1.82, 2.24) is 4.98 Å². The highest BCUT2D eigenvalue weighted by molar-refractivity contribution is 7.98. The summed E-state index contributed by atoms with van der Waals surface area (Å²) in [5.74, 6) is 0.0830. The Balaban J connectivity index is 1.45. The predicted octanol–water partition coefficient (Wildman–Crippen LogP) is 4.97. The van der Waals surface area contributed by atoms with Crippen LogP contribution in [0.4, 0.5) is 15.8 Å². The number of carbonyl (C=O) groups is 1. The summed E-state index contributed by atoms with van der Waals surface area (Å²) < 4.78 is 20.0. The van der Waals surface area contributed by atoms with Gasteiger partial charge in [-0.1, -0.05) is 12.1 Å². The van der Waals surface area contributed by atoms with Gasteiger partial charge in [0.1, 0.15) is 5.82 Å². The van der Waals surface area contributed by atoms with Crippen LogP contribution in [0.15, 0.2) is 52.7 Å². The van der Waals surface area contributed by atoms with Gasteiger partial charge < -0.3 is 15.0 Å². The molecule has 1 aliphatic heterocycles. The standard InChI is InChI=1S/C22H22FN3O2S2/c1-15-24-17(13-29-15)14-30-21-5-3-2-4-18(21)22(27)25-16-6-7-20(19(23)12-16)26-8-10-28-11-9-26/h2-7,12-13H,8-11,14H2,1H3,(H,25,27). The van der Waals surface area contributed by atoms with Crippen LogP contribution in [0.25, 0.3) is 0 Å². The number of amides is 1. The molecule has 1 saturated heterocycles. The van der Waals surface area contributed by atoms with Gasteiger partial charge in [0, 0.05) is 34.8 Å². The number of hydrogen-bond donors (Lipinski definition) is 1. The molecule has 1 amide bonds. The number of halogens is 1. The zero-order valence-electron chi connectivity index (χ0n) is 16.6. The van der Waals surface area contributed by atoms with Crippen molar-refractivity contribution in [3.05, 3.63) is 69.9 Å². The van der Waals surface area contributed by atoms with Gasteiger partial charge in [-0.3, -0.25) is 4.79 Å². The zero-order chi connectivity index (χ0) is 20.9. The maximum Gasteiger partial charge on any atom is 0.256 e. The molecule has 2 heterocycles. The first-order chi connectivity index (χ1) is 14.6. The first kappa shape index (κ1) is 20.8. The molecule has 1 aliphatic rings. The topological polar surface area (TPSA) is 54.5 Å². The molecule has 156 valence electrons. The molecule has 0 radical (unpaired) electrons. The molecule has 4 rings (SSSR count). The lowest BCUT2D eigenvalue weighted by atomic mass is 10.2. The van der Waals surface area contributed by atoms with Crippen LogP contribution in [0.3, 0.4) is 0 Å². The van der Waals surface area contributed by atoms with Crippen LogP contribution < -0.4 is 10.2 Å². The van der Waals surface area contributed by atoms with Gasteiger partial charge in [0.15, 0.2) is 0 Å². The van der Waals surface area contributed by atoms with Crippen molar-refractivity contribution in [2.45, 2.75) is 17.6 Å². The van der Waals surface area contributed by atoms with Gasteiger partial charge in [0.25, 0.3) is 5.91 Å². The average molecular weight is 444 g/mol. The Morgan fingerprint density at radius 2 is 2.07 bits per heavy atom. The fraction of sp³-hybridized carbons (Fsp3) is 0.273. The van der Waals surface area contributed by atoms with E-state index in [9.17, 15) is 9.18 Å². The van der Waals surface area contributed by atoms with Crippen molar-refractivity contribution in [2.24, 2.45) is 0 Å². The molecule has 0 aliphatic carbocycles. The average Bonchev–Trinajstić information content (AvgIpc) is 3.18. The minimum absolute atomic E-state index is 0.258. The molecular formula is C22H22FN3O2S2. The number of hydrogen-bond acceptors (Lipinski definition) is 6. The van der Waals surface area contributed by atoms with Crippen molar-refractivity contribution in [1.29, 1.82) is 0 Å². The van der Waals surface area contributed by atoms with Crippen molar-refractivity contribution in [2.75, 3.05) is 36.5 Å². The van der Waals surface area contributed by atoms with E-state index in [-0.39, 0.29) is 11.7 Å². The zero-order valence-corrected chi connectivity index (χ0v) is 18.2. The Bertz CT molecular complexity index is 1030. The predicted molar refractivity (Wildman–Crippen MR) is 120 cm³/mol. The largest absolute Gasteiger partial charge is 0.378 e. The minimum Gasteiger partial charge on any atom is -0.378 e. The van der Waals surface area contributed by atoms with Gasteiger partial charge in [0.2, 0.25) is 0 Å². The molecule has 0 atom stereocenters. The van der Waals surface area contributed by atoms with Crippen molar-refractivity contribution < 1.29 is 13.9 Å². The van der Waals surface area contributed by atoms with Gasteiger partial charge in [0.05, 0.1) is 35.2 Å². The van der Waals surface area contributed by atoms with Crippen LogP contribution in [0.2, 0.25) is 0 Å². The highest BCUT2D eigenvalue weighted by atomic mass is 32.2. The third-order valence-electron chi connectivity index (χ3n) is 4.73. The smallest absolute Gasteiger partial charge is 0.256 e. The second-order valence-corrected chi connectivity index (χ2v) is 8.94. The lowest BCUT2D eigenvalue weighted by Crippen LogP contribution is -2.36. The molecule has 0 spiro atoms. The summed E-state index contributed by atoms with van der Waals surface area (Å²) in [4.78, 5) is 20.2. The monoisotopic (exact) mass is 443 g/mol. The van der Waals surface area contributed by atoms with E-state index < -0.39 is 0 Å². The Morgan fingerprint density at radius 1 is 1.27 bits per heavy atom. The molecule has 0 saturated carbocycles. The number of aryl methyl sites for hydroxylation is 1. The summed E-state index contributed by atoms with van der Waals surface area (Å²) >= 11 is 3.18. The molecule has 1 aromatic heterocycles. The summed E-state index contributed by atoms with van der Waals surface area (Å²) in [6.45, 7) is 4.47. The van der Waals surface area contributed by atoms with Gasteiger partial charge in [-0.25, -0.2) is 9.37 Å². The number of aromatic nitrogens is 1. The number of ether oxygens (including phenoxy) is 1. The van der Waals surface area contributed by atoms with E-state index in [2.05, 4.69) is 10.3 Å². The van der Waals surface area contributed by atoms with Gasteiger partial charge in [-0.2, -0.15) is 0 Å². The number of carbonyl (C=O) groups excluding carboxylic acids is 1. The molecule has 8 heteroatoms. The van der Waals surface area contributed by atoms with E-state index >= 15 is 0 Å². The Hall–Kier alpha value is -2.42. The lowest BCUT2D eigenvalue weighted by Gasteiger charge is -2.29. The summed E-state index contributed by atoms with van der Waals surface area (Å²) in [7, 11) is 0. The third-order valence-corrected chi connectivity index (χ3v) is 6.66. The maximum absolute atomic E-state index is 14.6. The van der Waals surface area contributed by atoms with Crippen molar-refractivity contribution in [3.8, 4) is 0 Å². The number of thiazole rings is 1. The molecule has 0 unspecified atom stereocenters. The number of morpholine rings is 1. The van der Waals surface area contributed by atoms with Crippen LogP contribution in [0, 0.1) is 12.7 Å². The molecule has 2 aromatic carbocycles. The Morgan fingerprint density at radius 3 is 2.80 bits per heavy atom. The van der Waals surface area contributed by atoms with Crippen LogP contribution in [0.5, 0.6) is 0 Å². The number of benzene rings is 2. The quantitative estimate of drug-likeness (QED) is 0.545.